The topological polar surface area (TPSA) is 82.0 Å². The number of carbonyl (C=O) groups is 2. The fourth-order valence-electron chi connectivity index (χ4n) is 2.63. The highest BCUT2D eigenvalue weighted by Gasteiger charge is 2.29. The van der Waals surface area contributed by atoms with E-state index in [2.05, 4.69) is 16.7 Å². The summed E-state index contributed by atoms with van der Waals surface area (Å²) in [6, 6.07) is 16.5. The van der Waals surface area contributed by atoms with E-state index in [-0.39, 0.29) is 24.3 Å². The van der Waals surface area contributed by atoms with Crippen LogP contribution in [0.25, 0.3) is 0 Å². The predicted octanol–water partition coefficient (Wildman–Crippen LogP) is 3.24. The van der Waals surface area contributed by atoms with Crippen molar-refractivity contribution < 1.29 is 9.59 Å². The maximum absolute atomic E-state index is 12.3. The first-order valence-electron chi connectivity index (χ1n) is 7.93. The number of hydrogen-bond acceptors (Lipinski definition) is 4. The Hall–Kier alpha value is -2.78. The monoisotopic (exact) mass is 351 g/mol. The Morgan fingerprint density at radius 2 is 2.00 bits per heavy atom. The molecule has 1 aliphatic heterocycles. The fraction of sp³-hybridized carbons (Fsp3) is 0.211. The van der Waals surface area contributed by atoms with Gasteiger partial charge in [0, 0.05) is 11.3 Å². The van der Waals surface area contributed by atoms with Crippen LogP contribution in [-0.4, -0.2) is 17.1 Å². The van der Waals surface area contributed by atoms with E-state index in [1.807, 2.05) is 43.3 Å². The molecule has 3 rings (SSSR count). The van der Waals surface area contributed by atoms with Gasteiger partial charge in [-0.3, -0.25) is 9.59 Å². The first-order chi connectivity index (χ1) is 12.1. The third kappa shape index (κ3) is 4.01. The first-order valence-corrected chi connectivity index (χ1v) is 8.81. The summed E-state index contributed by atoms with van der Waals surface area (Å²) < 4.78 is 0. The number of rotatable bonds is 4. The Kier molecular flexibility index (Phi) is 5.05. The number of fused-ring (bicyclic) bond motifs is 1. The highest BCUT2D eigenvalue weighted by molar-refractivity contribution is 8.01. The summed E-state index contributed by atoms with van der Waals surface area (Å²) in [6.45, 7) is 1.88. The van der Waals surface area contributed by atoms with E-state index in [1.54, 1.807) is 12.1 Å². The molecule has 2 unspecified atom stereocenters. The quantitative estimate of drug-likeness (QED) is 0.886. The molecule has 126 valence electrons. The van der Waals surface area contributed by atoms with Gasteiger partial charge in [0.25, 0.3) is 0 Å². The zero-order chi connectivity index (χ0) is 17.8. The van der Waals surface area contributed by atoms with Gasteiger partial charge in [0.15, 0.2) is 0 Å². The number of amides is 2. The van der Waals surface area contributed by atoms with Gasteiger partial charge in [0.05, 0.1) is 28.6 Å². The van der Waals surface area contributed by atoms with Crippen molar-refractivity contribution in [2.24, 2.45) is 0 Å². The van der Waals surface area contributed by atoms with Crippen LogP contribution in [0.2, 0.25) is 0 Å². The maximum atomic E-state index is 12.3. The lowest BCUT2D eigenvalue weighted by molar-refractivity contribution is -0.124. The Balaban J connectivity index is 1.60. The van der Waals surface area contributed by atoms with Gasteiger partial charge in [-0.25, -0.2) is 0 Å². The van der Waals surface area contributed by atoms with Crippen LogP contribution < -0.4 is 10.6 Å². The van der Waals surface area contributed by atoms with E-state index >= 15 is 0 Å². The molecule has 0 aliphatic carbocycles. The lowest BCUT2D eigenvalue weighted by Crippen LogP contribution is -2.35. The average Bonchev–Trinajstić information content (AvgIpc) is 2.62. The third-order valence-corrected chi connectivity index (χ3v) is 5.27. The summed E-state index contributed by atoms with van der Waals surface area (Å²) >= 11 is 1.41. The highest BCUT2D eigenvalue weighted by atomic mass is 32.2. The van der Waals surface area contributed by atoms with E-state index in [0.717, 1.165) is 16.1 Å². The van der Waals surface area contributed by atoms with Crippen LogP contribution in [0.5, 0.6) is 0 Å². The molecule has 0 saturated carbocycles. The normalized spacial score (nSPS) is 17.0. The van der Waals surface area contributed by atoms with Crippen molar-refractivity contribution in [2.75, 3.05) is 5.32 Å². The lowest BCUT2D eigenvalue weighted by atomic mass is 10.1. The Bertz CT molecular complexity index is 842. The van der Waals surface area contributed by atoms with Crippen LogP contribution in [0.4, 0.5) is 5.69 Å². The summed E-state index contributed by atoms with van der Waals surface area (Å²) in [4.78, 5) is 25.5. The number of thioether (sulfide) groups is 1. The van der Waals surface area contributed by atoms with Crippen LogP contribution >= 0.6 is 11.8 Å². The molecule has 2 atom stereocenters. The molecule has 5 nitrogen and oxygen atoms in total. The molecule has 0 spiro atoms. The minimum atomic E-state index is -0.442. The van der Waals surface area contributed by atoms with E-state index in [4.69, 9.17) is 5.26 Å². The van der Waals surface area contributed by atoms with Gasteiger partial charge in [-0.1, -0.05) is 24.3 Å². The van der Waals surface area contributed by atoms with Gasteiger partial charge < -0.3 is 10.6 Å². The SMILES string of the molecule is CC(NC(=O)CC1Sc2ccccc2NC1=O)c1ccc(C#N)cc1. The minimum Gasteiger partial charge on any atom is -0.350 e. The second kappa shape index (κ2) is 7.41. The molecule has 0 radical (unpaired) electrons. The number of nitrogens with one attached hydrogen (secondary N) is 2. The van der Waals surface area contributed by atoms with Crippen molar-refractivity contribution in [3.8, 4) is 6.07 Å². The van der Waals surface area contributed by atoms with Gasteiger partial charge in [-0.05, 0) is 36.8 Å². The van der Waals surface area contributed by atoms with Crippen molar-refractivity contribution >= 4 is 29.3 Å². The zero-order valence-corrected chi connectivity index (χ0v) is 14.5. The molecule has 2 aromatic carbocycles. The van der Waals surface area contributed by atoms with Gasteiger partial charge >= 0.3 is 0 Å². The summed E-state index contributed by atoms with van der Waals surface area (Å²) in [6.07, 6.45) is 0.117. The standard InChI is InChI=1S/C19H17N3O2S/c1-12(14-8-6-13(11-20)7-9-14)21-18(23)10-17-19(24)22-15-4-2-3-5-16(15)25-17/h2-9,12,17H,10H2,1H3,(H,21,23)(H,22,24). The fourth-order valence-corrected chi connectivity index (χ4v) is 3.74. The zero-order valence-electron chi connectivity index (χ0n) is 13.7. The lowest BCUT2D eigenvalue weighted by Gasteiger charge is -2.24. The van der Waals surface area contributed by atoms with Gasteiger partial charge in [-0.2, -0.15) is 5.26 Å². The number of anilines is 1. The number of carbonyl (C=O) groups excluding carboxylic acids is 2. The molecule has 2 N–H and O–H groups in total. The highest BCUT2D eigenvalue weighted by Crippen LogP contribution is 2.36. The summed E-state index contributed by atoms with van der Waals surface area (Å²) in [5.74, 6) is -0.325. The number of benzene rings is 2. The van der Waals surface area contributed by atoms with Crippen molar-refractivity contribution in [3.63, 3.8) is 0 Å². The van der Waals surface area contributed by atoms with Crippen LogP contribution in [0.15, 0.2) is 53.4 Å². The first kappa shape index (κ1) is 17.1. The van der Waals surface area contributed by atoms with Crippen LogP contribution in [0, 0.1) is 11.3 Å². The number of para-hydroxylation sites is 1. The molecule has 1 heterocycles. The predicted molar refractivity (Wildman–Crippen MR) is 97.0 cm³/mol. The molecule has 6 heteroatoms. The third-order valence-electron chi connectivity index (χ3n) is 3.99. The average molecular weight is 351 g/mol. The number of nitrogens with zero attached hydrogens (tertiary/aromatic N) is 1. The van der Waals surface area contributed by atoms with E-state index in [0.29, 0.717) is 5.56 Å². The van der Waals surface area contributed by atoms with Crippen LogP contribution in [0.3, 0.4) is 0 Å². The largest absolute Gasteiger partial charge is 0.350 e. The molecule has 2 aromatic rings. The molecule has 0 bridgehead atoms. The smallest absolute Gasteiger partial charge is 0.238 e. The second-order valence-electron chi connectivity index (χ2n) is 5.82. The molecule has 25 heavy (non-hydrogen) atoms. The molecule has 2 amide bonds. The van der Waals surface area contributed by atoms with Gasteiger partial charge in [0.2, 0.25) is 11.8 Å². The number of nitriles is 1. The Morgan fingerprint density at radius 1 is 1.28 bits per heavy atom. The van der Waals surface area contributed by atoms with Crippen molar-refractivity contribution in [1.82, 2.24) is 5.32 Å². The summed E-state index contributed by atoms with van der Waals surface area (Å²) in [5.41, 5.74) is 2.29. The molecular formula is C19H17N3O2S. The van der Waals surface area contributed by atoms with E-state index < -0.39 is 5.25 Å². The Morgan fingerprint density at radius 3 is 2.72 bits per heavy atom. The number of hydrogen-bond donors (Lipinski definition) is 2. The van der Waals surface area contributed by atoms with Crippen molar-refractivity contribution in [1.29, 1.82) is 5.26 Å². The molecule has 1 aliphatic rings. The van der Waals surface area contributed by atoms with E-state index in [9.17, 15) is 9.59 Å². The van der Waals surface area contributed by atoms with Gasteiger partial charge in [-0.15, -0.1) is 11.8 Å². The molecule has 0 aromatic heterocycles. The second-order valence-corrected chi connectivity index (χ2v) is 7.06. The van der Waals surface area contributed by atoms with Crippen LogP contribution in [0.1, 0.15) is 30.5 Å². The maximum Gasteiger partial charge on any atom is 0.238 e. The minimum absolute atomic E-state index is 0.117. The summed E-state index contributed by atoms with van der Waals surface area (Å²) in [5, 5.41) is 14.1. The van der Waals surface area contributed by atoms with Gasteiger partial charge in [0.1, 0.15) is 0 Å². The molecule has 0 saturated heterocycles. The summed E-state index contributed by atoms with van der Waals surface area (Å²) in [7, 11) is 0. The molecular weight excluding hydrogens is 334 g/mol. The van der Waals surface area contributed by atoms with E-state index in [1.165, 1.54) is 11.8 Å². The van der Waals surface area contributed by atoms with Crippen LogP contribution in [-0.2, 0) is 9.59 Å². The van der Waals surface area contributed by atoms with Crippen molar-refractivity contribution in [3.05, 3.63) is 59.7 Å². The Labute approximate surface area is 150 Å². The molecule has 0 fully saturated rings. The van der Waals surface area contributed by atoms with Crippen molar-refractivity contribution in [2.45, 2.75) is 29.5 Å².